The largest absolute Gasteiger partial charge is 0.398 e. The van der Waals surface area contributed by atoms with Gasteiger partial charge < -0.3 is 5.73 Å². The van der Waals surface area contributed by atoms with Crippen LogP contribution in [0.2, 0.25) is 0 Å². The van der Waals surface area contributed by atoms with Gasteiger partial charge in [0.15, 0.2) is 0 Å². The van der Waals surface area contributed by atoms with Crippen molar-refractivity contribution < 1.29 is 0 Å². The van der Waals surface area contributed by atoms with Crippen molar-refractivity contribution in [3.63, 3.8) is 0 Å². The van der Waals surface area contributed by atoms with Gasteiger partial charge in [-0.05, 0) is 64.6 Å². The number of nitrogen functional groups attached to an aromatic ring is 1. The molecule has 0 saturated heterocycles. The maximum absolute atomic E-state index is 7.31. The molecule has 37 heavy (non-hydrogen) atoms. The Morgan fingerprint density at radius 2 is 0.811 bits per heavy atom. The SMILES string of the molecule is Nc1c(C2=CCCC=C2)c(-c2ccccc2)c(-c2ccccc2)c(C2=CCCC=C2)c1-c1ccccc1. The minimum atomic E-state index is 0.845. The van der Waals surface area contributed by atoms with Crippen molar-refractivity contribution in [2.24, 2.45) is 0 Å². The van der Waals surface area contributed by atoms with Crippen LogP contribution in [0.15, 0.2) is 127 Å². The van der Waals surface area contributed by atoms with Crippen LogP contribution >= 0.6 is 0 Å². The average Bonchev–Trinajstić information content (AvgIpc) is 2.98. The van der Waals surface area contributed by atoms with Crippen LogP contribution in [0.3, 0.4) is 0 Å². The van der Waals surface area contributed by atoms with Crippen LogP contribution < -0.4 is 5.73 Å². The highest BCUT2D eigenvalue weighted by atomic mass is 14.6. The summed E-state index contributed by atoms with van der Waals surface area (Å²) in [6.07, 6.45) is 18.0. The number of nitrogens with two attached hydrogens (primary N) is 1. The summed E-state index contributed by atoms with van der Waals surface area (Å²) in [5, 5.41) is 0. The van der Waals surface area contributed by atoms with Gasteiger partial charge in [0.05, 0.1) is 0 Å². The molecule has 2 N–H and O–H groups in total. The lowest BCUT2D eigenvalue weighted by molar-refractivity contribution is 1.04. The van der Waals surface area contributed by atoms with Crippen LogP contribution in [0.25, 0.3) is 44.5 Å². The van der Waals surface area contributed by atoms with Crippen LogP contribution in [-0.4, -0.2) is 0 Å². The summed E-state index contributed by atoms with van der Waals surface area (Å²) in [7, 11) is 0. The van der Waals surface area contributed by atoms with Crippen LogP contribution in [0.1, 0.15) is 36.8 Å². The molecular formula is C36H31N. The third-order valence-electron chi connectivity index (χ3n) is 7.29. The molecule has 0 aromatic heterocycles. The van der Waals surface area contributed by atoms with Gasteiger partial charge in [-0.15, -0.1) is 0 Å². The molecule has 1 heteroatoms. The van der Waals surface area contributed by atoms with Crippen molar-refractivity contribution in [3.8, 4) is 33.4 Å². The minimum absolute atomic E-state index is 0.845. The molecule has 0 radical (unpaired) electrons. The van der Waals surface area contributed by atoms with E-state index in [0.717, 1.165) is 48.1 Å². The molecule has 2 aliphatic rings. The first-order valence-corrected chi connectivity index (χ1v) is 13.2. The van der Waals surface area contributed by atoms with E-state index in [1.54, 1.807) is 0 Å². The molecule has 0 heterocycles. The van der Waals surface area contributed by atoms with Gasteiger partial charge in [-0.1, -0.05) is 127 Å². The second-order valence-corrected chi connectivity index (χ2v) is 9.67. The first-order chi connectivity index (χ1) is 18.3. The van der Waals surface area contributed by atoms with E-state index in [1.807, 2.05) is 0 Å². The number of anilines is 1. The lowest BCUT2D eigenvalue weighted by atomic mass is 9.76. The molecule has 4 aromatic rings. The molecule has 1 nitrogen and oxygen atoms in total. The summed E-state index contributed by atoms with van der Waals surface area (Å²) < 4.78 is 0. The molecule has 0 unspecified atom stereocenters. The highest BCUT2D eigenvalue weighted by Gasteiger charge is 2.28. The number of benzene rings is 4. The standard InChI is InChI=1S/C36H31N/c37-36-34(29-22-12-4-13-23-29)32(27-18-8-2-9-19-27)31(26-16-6-1-7-17-26)33(28-20-10-3-11-21-28)35(36)30-24-14-5-15-25-30/h1-2,5-10,12,14-25H,3-4,11,13,37H2. The van der Waals surface area contributed by atoms with Gasteiger partial charge in [0.2, 0.25) is 0 Å². The molecular weight excluding hydrogens is 446 g/mol. The van der Waals surface area contributed by atoms with Gasteiger partial charge in [-0.25, -0.2) is 0 Å². The van der Waals surface area contributed by atoms with E-state index in [4.69, 9.17) is 5.73 Å². The molecule has 180 valence electrons. The third kappa shape index (κ3) is 4.38. The van der Waals surface area contributed by atoms with Gasteiger partial charge >= 0.3 is 0 Å². The van der Waals surface area contributed by atoms with Gasteiger partial charge in [-0.2, -0.15) is 0 Å². The van der Waals surface area contributed by atoms with Crippen molar-refractivity contribution in [2.75, 3.05) is 5.73 Å². The summed E-state index contributed by atoms with van der Waals surface area (Å²) in [6.45, 7) is 0. The zero-order valence-electron chi connectivity index (χ0n) is 21.0. The fraction of sp³-hybridized carbons (Fsp3) is 0.111. The van der Waals surface area contributed by atoms with E-state index in [2.05, 4.69) is 127 Å². The summed E-state index contributed by atoms with van der Waals surface area (Å²) in [5.74, 6) is 0. The summed E-state index contributed by atoms with van der Waals surface area (Å²) >= 11 is 0. The van der Waals surface area contributed by atoms with E-state index in [9.17, 15) is 0 Å². The monoisotopic (exact) mass is 477 g/mol. The second kappa shape index (κ2) is 10.3. The fourth-order valence-electron chi connectivity index (χ4n) is 5.65. The molecule has 0 bridgehead atoms. The van der Waals surface area contributed by atoms with E-state index in [0.29, 0.717) is 0 Å². The Bertz CT molecular complexity index is 1540. The van der Waals surface area contributed by atoms with E-state index < -0.39 is 0 Å². The highest BCUT2D eigenvalue weighted by Crippen LogP contribution is 2.52. The normalized spacial score (nSPS) is 14.8. The average molecular weight is 478 g/mol. The molecule has 4 aromatic carbocycles. The van der Waals surface area contributed by atoms with E-state index in [1.165, 1.54) is 39.0 Å². The Morgan fingerprint density at radius 1 is 0.405 bits per heavy atom. The Morgan fingerprint density at radius 3 is 1.24 bits per heavy atom. The van der Waals surface area contributed by atoms with Crippen molar-refractivity contribution in [2.45, 2.75) is 25.7 Å². The smallest absolute Gasteiger partial charge is 0.0486 e. The molecule has 2 aliphatic carbocycles. The maximum atomic E-state index is 7.31. The van der Waals surface area contributed by atoms with Gasteiger partial charge in [-0.3, -0.25) is 0 Å². The van der Waals surface area contributed by atoms with Gasteiger partial charge in [0, 0.05) is 22.4 Å². The predicted molar refractivity (Wildman–Crippen MR) is 160 cm³/mol. The number of hydrogen-bond acceptors (Lipinski definition) is 1. The molecule has 0 amide bonds. The van der Waals surface area contributed by atoms with E-state index >= 15 is 0 Å². The third-order valence-corrected chi connectivity index (χ3v) is 7.29. The summed E-state index contributed by atoms with van der Waals surface area (Å²) in [4.78, 5) is 0. The fourth-order valence-corrected chi connectivity index (χ4v) is 5.65. The highest BCUT2D eigenvalue weighted by molar-refractivity contribution is 6.10. The molecule has 0 aliphatic heterocycles. The molecule has 0 atom stereocenters. The van der Waals surface area contributed by atoms with Crippen LogP contribution in [0.5, 0.6) is 0 Å². The summed E-state index contributed by atoms with van der Waals surface area (Å²) in [5.41, 5.74) is 20.1. The van der Waals surface area contributed by atoms with Crippen LogP contribution in [0.4, 0.5) is 5.69 Å². The lowest BCUT2D eigenvalue weighted by Gasteiger charge is -2.28. The maximum Gasteiger partial charge on any atom is 0.0486 e. The van der Waals surface area contributed by atoms with Crippen LogP contribution in [0, 0.1) is 0 Å². The Labute approximate surface area is 220 Å². The Kier molecular flexibility index (Phi) is 6.44. The van der Waals surface area contributed by atoms with Crippen molar-refractivity contribution in [1.29, 1.82) is 0 Å². The molecule has 6 rings (SSSR count). The van der Waals surface area contributed by atoms with Crippen molar-refractivity contribution in [3.05, 3.63) is 139 Å². The lowest BCUT2D eigenvalue weighted by Crippen LogP contribution is -2.07. The Hall–Kier alpha value is -4.36. The minimum Gasteiger partial charge on any atom is -0.398 e. The first kappa shape index (κ1) is 23.1. The van der Waals surface area contributed by atoms with Gasteiger partial charge in [0.1, 0.15) is 0 Å². The zero-order valence-corrected chi connectivity index (χ0v) is 21.0. The number of hydrogen-bond donors (Lipinski definition) is 1. The van der Waals surface area contributed by atoms with Crippen molar-refractivity contribution in [1.82, 2.24) is 0 Å². The zero-order chi connectivity index (χ0) is 25.0. The van der Waals surface area contributed by atoms with Crippen LogP contribution in [-0.2, 0) is 0 Å². The number of allylic oxidation sites excluding steroid dienone is 8. The quantitative estimate of drug-likeness (QED) is 0.284. The number of rotatable bonds is 5. The summed E-state index contributed by atoms with van der Waals surface area (Å²) in [6, 6.07) is 32.3. The molecule has 0 fully saturated rings. The Balaban J connectivity index is 1.85. The van der Waals surface area contributed by atoms with Gasteiger partial charge in [0.25, 0.3) is 0 Å². The van der Waals surface area contributed by atoms with E-state index in [-0.39, 0.29) is 0 Å². The van der Waals surface area contributed by atoms with Crippen molar-refractivity contribution >= 4 is 16.8 Å². The first-order valence-electron chi connectivity index (χ1n) is 13.2. The molecule has 0 spiro atoms. The topological polar surface area (TPSA) is 26.0 Å². The predicted octanol–water partition coefficient (Wildman–Crippen LogP) is 9.74. The molecule has 0 saturated carbocycles. The second-order valence-electron chi connectivity index (χ2n) is 9.67.